The first-order valence-corrected chi connectivity index (χ1v) is 8.87. The molecule has 0 saturated carbocycles. The fourth-order valence-electron chi connectivity index (χ4n) is 2.66. The number of carbonyl (C=O) groups is 2. The number of hydrogen-bond donors (Lipinski definition) is 2. The number of rotatable bonds is 7. The molecule has 0 aliphatic heterocycles. The minimum atomic E-state index is -0.348. The number of imidazole rings is 1. The number of hydrogen-bond acceptors (Lipinski definition) is 3. The summed E-state index contributed by atoms with van der Waals surface area (Å²) in [4.78, 5) is 29.2. The van der Waals surface area contributed by atoms with Gasteiger partial charge in [-0.1, -0.05) is 35.9 Å². The number of fused-ring (bicyclic) bond motifs is 1. The van der Waals surface area contributed by atoms with Gasteiger partial charge in [0.25, 0.3) is 11.8 Å². The fourth-order valence-corrected chi connectivity index (χ4v) is 2.79. The molecular formula is C20H19ClN4O2. The van der Waals surface area contributed by atoms with E-state index in [9.17, 15) is 9.59 Å². The van der Waals surface area contributed by atoms with Crippen molar-refractivity contribution in [3.05, 3.63) is 83.4 Å². The monoisotopic (exact) mass is 382 g/mol. The van der Waals surface area contributed by atoms with E-state index in [1.54, 1.807) is 34.9 Å². The number of carbonyl (C=O) groups excluding carboxylic acids is 2. The van der Waals surface area contributed by atoms with Crippen molar-refractivity contribution in [2.24, 2.45) is 0 Å². The standard InChI is InChI=1S/C20H19ClN4O2/c1-2-11-22-19(26)17-16-5-3-4-13-25(16)18(24-17)20(27)23-12-10-14-6-8-15(21)9-7-14/h2-9,13H,1,10-12H2,(H,22,26)(H,23,27). The molecule has 2 heterocycles. The van der Waals surface area contributed by atoms with Crippen LogP contribution in [0.15, 0.2) is 61.3 Å². The lowest BCUT2D eigenvalue weighted by Crippen LogP contribution is -2.28. The maximum absolute atomic E-state index is 12.6. The molecule has 0 saturated heterocycles. The highest BCUT2D eigenvalue weighted by molar-refractivity contribution is 6.30. The van der Waals surface area contributed by atoms with Gasteiger partial charge >= 0.3 is 0 Å². The maximum Gasteiger partial charge on any atom is 0.287 e. The second kappa shape index (κ2) is 8.51. The number of nitrogens with one attached hydrogen (secondary N) is 2. The Bertz CT molecular complexity index is 979. The zero-order valence-corrected chi connectivity index (χ0v) is 15.4. The summed E-state index contributed by atoms with van der Waals surface area (Å²) in [6.45, 7) is 4.35. The predicted octanol–water partition coefficient (Wildman–Crippen LogP) is 2.88. The predicted molar refractivity (Wildman–Crippen MR) is 105 cm³/mol. The van der Waals surface area contributed by atoms with Gasteiger partial charge < -0.3 is 10.6 Å². The van der Waals surface area contributed by atoms with E-state index in [-0.39, 0.29) is 23.3 Å². The van der Waals surface area contributed by atoms with Crippen LogP contribution in [0.4, 0.5) is 0 Å². The number of halogens is 1. The van der Waals surface area contributed by atoms with Crippen LogP contribution < -0.4 is 10.6 Å². The molecule has 2 N–H and O–H groups in total. The van der Waals surface area contributed by atoms with Crippen LogP contribution in [0.25, 0.3) is 5.52 Å². The summed E-state index contributed by atoms with van der Waals surface area (Å²) in [5.41, 5.74) is 1.85. The molecule has 0 atom stereocenters. The van der Waals surface area contributed by atoms with E-state index in [2.05, 4.69) is 22.2 Å². The van der Waals surface area contributed by atoms with E-state index in [4.69, 9.17) is 11.6 Å². The molecule has 3 rings (SSSR count). The number of nitrogens with zero attached hydrogens (tertiary/aromatic N) is 2. The average Bonchev–Trinajstić information content (AvgIpc) is 3.07. The lowest BCUT2D eigenvalue weighted by Gasteiger charge is -2.05. The second-order valence-electron chi connectivity index (χ2n) is 5.87. The highest BCUT2D eigenvalue weighted by Crippen LogP contribution is 2.14. The quantitative estimate of drug-likeness (QED) is 0.617. The molecule has 3 aromatic rings. The Morgan fingerprint density at radius 3 is 2.63 bits per heavy atom. The Hall–Kier alpha value is -3.12. The van der Waals surface area contributed by atoms with Crippen LogP contribution in [0.3, 0.4) is 0 Å². The molecule has 0 spiro atoms. The molecule has 7 heteroatoms. The molecule has 0 fully saturated rings. The zero-order chi connectivity index (χ0) is 19.2. The highest BCUT2D eigenvalue weighted by Gasteiger charge is 2.20. The van der Waals surface area contributed by atoms with Crippen LogP contribution >= 0.6 is 11.6 Å². The number of pyridine rings is 1. The largest absolute Gasteiger partial charge is 0.349 e. The molecular weight excluding hydrogens is 364 g/mol. The molecule has 27 heavy (non-hydrogen) atoms. The van der Waals surface area contributed by atoms with Crippen LogP contribution in [0.1, 0.15) is 26.7 Å². The number of benzene rings is 1. The van der Waals surface area contributed by atoms with Gasteiger partial charge in [0.15, 0.2) is 5.69 Å². The number of amides is 2. The third-order valence-electron chi connectivity index (χ3n) is 3.99. The van der Waals surface area contributed by atoms with Crippen molar-refractivity contribution in [1.29, 1.82) is 0 Å². The van der Waals surface area contributed by atoms with Gasteiger partial charge in [0.2, 0.25) is 5.82 Å². The Balaban J connectivity index is 1.75. The van der Waals surface area contributed by atoms with E-state index < -0.39 is 0 Å². The first-order valence-electron chi connectivity index (χ1n) is 8.49. The van der Waals surface area contributed by atoms with Gasteiger partial charge in [-0.3, -0.25) is 14.0 Å². The Morgan fingerprint density at radius 1 is 1.11 bits per heavy atom. The van der Waals surface area contributed by atoms with Gasteiger partial charge in [-0.15, -0.1) is 6.58 Å². The fraction of sp³-hybridized carbons (Fsp3) is 0.150. The van der Waals surface area contributed by atoms with Crippen molar-refractivity contribution >= 4 is 28.9 Å². The van der Waals surface area contributed by atoms with Crippen LogP contribution in [-0.4, -0.2) is 34.3 Å². The first kappa shape index (κ1) is 18.7. The lowest BCUT2D eigenvalue weighted by atomic mass is 10.1. The van der Waals surface area contributed by atoms with Crippen molar-refractivity contribution in [3.8, 4) is 0 Å². The van der Waals surface area contributed by atoms with E-state index in [1.165, 1.54) is 0 Å². The van der Waals surface area contributed by atoms with Crippen molar-refractivity contribution in [2.75, 3.05) is 13.1 Å². The van der Waals surface area contributed by atoms with Gasteiger partial charge in [0.05, 0.1) is 5.52 Å². The van der Waals surface area contributed by atoms with Gasteiger partial charge in [-0.25, -0.2) is 4.98 Å². The maximum atomic E-state index is 12.6. The van der Waals surface area contributed by atoms with Crippen LogP contribution in [-0.2, 0) is 6.42 Å². The summed E-state index contributed by atoms with van der Waals surface area (Å²) in [6.07, 6.45) is 3.96. The minimum Gasteiger partial charge on any atom is -0.349 e. The normalized spacial score (nSPS) is 10.6. The molecule has 0 aliphatic carbocycles. The lowest BCUT2D eigenvalue weighted by molar-refractivity contribution is 0.0943. The summed E-state index contributed by atoms with van der Waals surface area (Å²) in [5.74, 6) is -0.516. The first-order chi connectivity index (χ1) is 13.1. The van der Waals surface area contributed by atoms with E-state index in [0.29, 0.717) is 30.0 Å². The third-order valence-corrected chi connectivity index (χ3v) is 4.24. The minimum absolute atomic E-state index is 0.172. The van der Waals surface area contributed by atoms with Crippen molar-refractivity contribution < 1.29 is 9.59 Å². The SMILES string of the molecule is C=CCNC(=O)c1nc(C(=O)NCCc2ccc(Cl)cc2)n2ccccc12. The van der Waals surface area contributed by atoms with Gasteiger partial charge in [0.1, 0.15) is 0 Å². The summed E-state index contributed by atoms with van der Waals surface area (Å²) in [6, 6.07) is 12.8. The molecule has 6 nitrogen and oxygen atoms in total. The van der Waals surface area contributed by atoms with Crippen molar-refractivity contribution in [2.45, 2.75) is 6.42 Å². The van der Waals surface area contributed by atoms with Crippen LogP contribution in [0.2, 0.25) is 5.02 Å². The van der Waals surface area contributed by atoms with Crippen LogP contribution in [0.5, 0.6) is 0 Å². The molecule has 0 radical (unpaired) electrons. The number of aromatic nitrogens is 2. The molecule has 0 aliphatic rings. The van der Waals surface area contributed by atoms with Crippen LogP contribution in [0, 0.1) is 0 Å². The summed E-state index contributed by atoms with van der Waals surface area (Å²) in [5, 5.41) is 6.21. The zero-order valence-electron chi connectivity index (χ0n) is 14.6. The Labute approximate surface area is 161 Å². The Kier molecular flexibility index (Phi) is 5.88. The molecule has 2 aromatic heterocycles. The van der Waals surface area contributed by atoms with Crippen molar-refractivity contribution in [3.63, 3.8) is 0 Å². The summed E-state index contributed by atoms with van der Waals surface area (Å²) >= 11 is 5.87. The smallest absolute Gasteiger partial charge is 0.287 e. The van der Waals surface area contributed by atoms with Gasteiger partial charge in [-0.2, -0.15) is 0 Å². The third kappa shape index (κ3) is 4.35. The molecule has 2 amide bonds. The van der Waals surface area contributed by atoms with Gasteiger partial charge in [0, 0.05) is 24.3 Å². The topological polar surface area (TPSA) is 75.5 Å². The molecule has 138 valence electrons. The average molecular weight is 383 g/mol. The van der Waals surface area contributed by atoms with Gasteiger partial charge in [-0.05, 0) is 36.2 Å². The highest BCUT2D eigenvalue weighted by atomic mass is 35.5. The van der Waals surface area contributed by atoms with E-state index in [1.807, 2.05) is 24.3 Å². The summed E-state index contributed by atoms with van der Waals surface area (Å²) < 4.78 is 1.61. The van der Waals surface area contributed by atoms with Crippen molar-refractivity contribution in [1.82, 2.24) is 20.0 Å². The molecule has 1 aromatic carbocycles. The second-order valence-corrected chi connectivity index (χ2v) is 6.31. The molecule has 0 bridgehead atoms. The molecule has 0 unspecified atom stereocenters. The van der Waals surface area contributed by atoms with E-state index in [0.717, 1.165) is 5.56 Å². The van der Waals surface area contributed by atoms with E-state index >= 15 is 0 Å². The Morgan fingerprint density at radius 2 is 1.89 bits per heavy atom. The summed E-state index contributed by atoms with van der Waals surface area (Å²) in [7, 11) is 0.